The molecular weight excluding hydrogens is 158 g/mol. The fourth-order valence-electron chi connectivity index (χ4n) is 1.16. The molecule has 0 atom stereocenters. The maximum atomic E-state index is 5.79. The van der Waals surface area contributed by atoms with E-state index in [1.165, 1.54) is 0 Å². The van der Waals surface area contributed by atoms with Crippen LogP contribution < -0.4 is 0 Å². The number of nitrogens with one attached hydrogen (secondary N) is 1. The Morgan fingerprint density at radius 2 is 2.09 bits per heavy atom. The van der Waals surface area contributed by atoms with Gasteiger partial charge in [0.25, 0.3) is 0 Å². The van der Waals surface area contributed by atoms with Crippen LogP contribution in [0.2, 0.25) is 5.02 Å². The lowest BCUT2D eigenvalue weighted by Crippen LogP contribution is -1.67. The molecule has 0 saturated heterocycles. The molecule has 0 aliphatic heterocycles. The van der Waals surface area contributed by atoms with Crippen LogP contribution in [-0.4, -0.2) is 4.98 Å². The molecule has 0 amide bonds. The zero-order valence-corrected chi connectivity index (χ0v) is 6.65. The van der Waals surface area contributed by atoms with E-state index in [-0.39, 0.29) is 0 Å². The van der Waals surface area contributed by atoms with Gasteiger partial charge in [0.1, 0.15) is 0 Å². The minimum Gasteiger partial charge on any atom is -0.358 e. The fraction of sp³-hybridized carbons (Fsp3) is 0. The van der Waals surface area contributed by atoms with Crippen molar-refractivity contribution in [1.29, 1.82) is 0 Å². The first-order chi connectivity index (χ1) is 5.25. The van der Waals surface area contributed by atoms with Gasteiger partial charge >= 0.3 is 0 Å². The molecule has 0 aliphatic rings. The maximum Gasteiger partial charge on any atom is 0.0457 e. The van der Waals surface area contributed by atoms with E-state index in [1.807, 2.05) is 24.3 Å². The third kappa shape index (κ3) is 1.12. The van der Waals surface area contributed by atoms with Gasteiger partial charge < -0.3 is 4.98 Å². The molecule has 2 heteroatoms. The minimum atomic E-state index is 0.761. The van der Waals surface area contributed by atoms with Gasteiger partial charge in [-0.15, -0.1) is 0 Å². The van der Waals surface area contributed by atoms with Crippen molar-refractivity contribution in [2.24, 2.45) is 0 Å². The Morgan fingerprint density at radius 1 is 1.27 bits per heavy atom. The summed E-state index contributed by atoms with van der Waals surface area (Å²) in [5.41, 5.74) is 2.00. The van der Waals surface area contributed by atoms with E-state index in [0.717, 1.165) is 21.6 Å². The smallest absolute Gasteiger partial charge is 0.0457 e. The van der Waals surface area contributed by atoms with E-state index >= 15 is 0 Å². The van der Waals surface area contributed by atoms with Crippen LogP contribution in [0.3, 0.4) is 0 Å². The van der Waals surface area contributed by atoms with Crippen LogP contribution in [0, 0.1) is 6.92 Å². The molecule has 11 heavy (non-hydrogen) atoms. The molecular formula is C9H7ClN. The Kier molecular flexibility index (Phi) is 1.40. The van der Waals surface area contributed by atoms with Crippen molar-refractivity contribution >= 4 is 22.5 Å². The van der Waals surface area contributed by atoms with Gasteiger partial charge in [-0.2, -0.15) is 0 Å². The zero-order valence-electron chi connectivity index (χ0n) is 5.89. The van der Waals surface area contributed by atoms with Gasteiger partial charge in [0.15, 0.2) is 0 Å². The van der Waals surface area contributed by atoms with Crippen molar-refractivity contribution in [3.63, 3.8) is 0 Å². The molecule has 0 saturated carbocycles. The molecule has 0 aliphatic carbocycles. The molecule has 0 fully saturated rings. The fourth-order valence-corrected chi connectivity index (χ4v) is 1.34. The van der Waals surface area contributed by atoms with Crippen LogP contribution >= 0.6 is 11.6 Å². The van der Waals surface area contributed by atoms with Crippen LogP contribution in [-0.2, 0) is 0 Å². The van der Waals surface area contributed by atoms with Crippen molar-refractivity contribution in [2.75, 3.05) is 0 Å². The van der Waals surface area contributed by atoms with Gasteiger partial charge in [-0.3, -0.25) is 0 Å². The van der Waals surface area contributed by atoms with E-state index in [9.17, 15) is 0 Å². The van der Waals surface area contributed by atoms with E-state index in [2.05, 4.69) is 11.9 Å². The average molecular weight is 165 g/mol. The van der Waals surface area contributed by atoms with Gasteiger partial charge in [0, 0.05) is 21.6 Å². The summed E-state index contributed by atoms with van der Waals surface area (Å²) >= 11 is 5.79. The number of aromatic amines is 1. The molecule has 0 spiro atoms. The molecule has 1 aromatic heterocycles. The molecule has 2 rings (SSSR count). The van der Waals surface area contributed by atoms with Crippen molar-refractivity contribution in [3.8, 4) is 0 Å². The first kappa shape index (κ1) is 6.74. The highest BCUT2D eigenvalue weighted by Gasteiger charge is 1.96. The Balaban J connectivity index is 2.82. The van der Waals surface area contributed by atoms with Gasteiger partial charge in [-0.25, -0.2) is 0 Å². The first-order valence-corrected chi connectivity index (χ1v) is 3.74. The molecule has 1 aromatic carbocycles. The topological polar surface area (TPSA) is 15.8 Å². The third-order valence-electron chi connectivity index (χ3n) is 1.64. The van der Waals surface area contributed by atoms with Crippen molar-refractivity contribution in [3.05, 3.63) is 41.9 Å². The largest absolute Gasteiger partial charge is 0.358 e. The number of hydrogen-bond donors (Lipinski definition) is 1. The van der Waals surface area contributed by atoms with Crippen LogP contribution in [0.5, 0.6) is 0 Å². The van der Waals surface area contributed by atoms with Crippen molar-refractivity contribution < 1.29 is 0 Å². The van der Waals surface area contributed by atoms with Gasteiger partial charge in [0.05, 0.1) is 0 Å². The van der Waals surface area contributed by atoms with E-state index in [4.69, 9.17) is 11.6 Å². The third-order valence-corrected chi connectivity index (χ3v) is 1.87. The summed E-state index contributed by atoms with van der Waals surface area (Å²) in [5.74, 6) is 0. The highest BCUT2D eigenvalue weighted by Crippen LogP contribution is 2.19. The van der Waals surface area contributed by atoms with E-state index in [0.29, 0.717) is 0 Å². The molecule has 1 heterocycles. The quantitative estimate of drug-likeness (QED) is 0.616. The zero-order chi connectivity index (χ0) is 7.84. The average Bonchev–Trinajstić information content (AvgIpc) is 2.27. The second kappa shape index (κ2) is 2.28. The summed E-state index contributed by atoms with van der Waals surface area (Å²) in [4.78, 5) is 3.12. The monoisotopic (exact) mass is 164 g/mol. The second-order valence-corrected chi connectivity index (χ2v) is 2.96. The second-order valence-electron chi connectivity index (χ2n) is 2.53. The summed E-state index contributed by atoms with van der Waals surface area (Å²) in [6.45, 7) is 3.79. The molecule has 2 aromatic rings. The summed E-state index contributed by atoms with van der Waals surface area (Å²) < 4.78 is 0. The van der Waals surface area contributed by atoms with E-state index < -0.39 is 0 Å². The molecule has 0 unspecified atom stereocenters. The van der Waals surface area contributed by atoms with Crippen LogP contribution in [0.4, 0.5) is 0 Å². The number of hydrogen-bond acceptors (Lipinski definition) is 0. The van der Waals surface area contributed by atoms with Crippen LogP contribution in [0.1, 0.15) is 5.69 Å². The SMILES string of the molecule is [CH2]c1cc2cc(Cl)ccc2[nH]1. The molecule has 1 N–H and O–H groups in total. The summed E-state index contributed by atoms with van der Waals surface area (Å²) in [5, 5.41) is 1.87. The maximum absolute atomic E-state index is 5.79. The predicted molar refractivity (Wildman–Crippen MR) is 47.8 cm³/mol. The highest BCUT2D eigenvalue weighted by atomic mass is 35.5. The normalized spacial score (nSPS) is 10.7. The summed E-state index contributed by atoms with van der Waals surface area (Å²) in [6, 6.07) is 7.70. The van der Waals surface area contributed by atoms with Gasteiger partial charge in [0.2, 0.25) is 0 Å². The lowest BCUT2D eigenvalue weighted by Gasteiger charge is -1.88. The van der Waals surface area contributed by atoms with Crippen molar-refractivity contribution in [1.82, 2.24) is 4.98 Å². The number of halogens is 1. The number of fused-ring (bicyclic) bond motifs is 1. The van der Waals surface area contributed by atoms with Gasteiger partial charge in [-0.05, 0) is 31.2 Å². The number of benzene rings is 1. The molecule has 1 nitrogen and oxygen atoms in total. The van der Waals surface area contributed by atoms with Crippen molar-refractivity contribution in [2.45, 2.75) is 0 Å². The minimum absolute atomic E-state index is 0.761. The number of rotatable bonds is 0. The molecule has 1 radical (unpaired) electrons. The molecule has 55 valence electrons. The Labute approximate surface area is 70.0 Å². The van der Waals surface area contributed by atoms with Crippen LogP contribution in [0.25, 0.3) is 10.9 Å². The summed E-state index contributed by atoms with van der Waals surface area (Å²) in [6.07, 6.45) is 0. The lowest BCUT2D eigenvalue weighted by molar-refractivity contribution is 1.40. The highest BCUT2D eigenvalue weighted by molar-refractivity contribution is 6.31. The van der Waals surface area contributed by atoms with E-state index in [1.54, 1.807) is 0 Å². The number of H-pyrrole nitrogens is 1. The summed E-state index contributed by atoms with van der Waals surface area (Å²) in [7, 11) is 0. The lowest BCUT2D eigenvalue weighted by atomic mass is 10.2. The Morgan fingerprint density at radius 3 is 2.91 bits per heavy atom. The van der Waals surface area contributed by atoms with Crippen LogP contribution in [0.15, 0.2) is 24.3 Å². The van der Waals surface area contributed by atoms with Gasteiger partial charge in [-0.1, -0.05) is 11.6 Å². The predicted octanol–water partition coefficient (Wildman–Crippen LogP) is 3.00. The Hall–Kier alpha value is -0.950. The molecule has 0 bridgehead atoms. The first-order valence-electron chi connectivity index (χ1n) is 3.36. The Bertz CT molecular complexity index is 389. The number of aromatic nitrogens is 1. The standard InChI is InChI=1S/C9H7ClN/c1-6-4-7-5-8(10)2-3-9(7)11-6/h2-5,11H,1H2.